The van der Waals surface area contributed by atoms with E-state index in [4.69, 9.17) is 14.2 Å². The Kier molecular flexibility index (Phi) is 3.60. The Balaban J connectivity index is 1.42. The molecule has 0 atom stereocenters. The monoisotopic (exact) mass is 332 g/mol. The van der Waals surface area contributed by atoms with E-state index in [1.165, 1.54) is 0 Å². The molecule has 1 spiro atoms. The van der Waals surface area contributed by atoms with Crippen LogP contribution in [0.25, 0.3) is 0 Å². The third kappa shape index (κ3) is 2.58. The molecule has 1 aromatic carbocycles. The zero-order chi connectivity index (χ0) is 16.7. The highest BCUT2D eigenvalue weighted by Crippen LogP contribution is 2.34. The molecular weight excluding hydrogens is 312 g/mol. The van der Waals surface area contributed by atoms with Crippen molar-refractivity contribution >= 4 is 11.8 Å². The summed E-state index contributed by atoms with van der Waals surface area (Å²) in [6.07, 6.45) is 1.47. The number of fused-ring (bicyclic) bond motifs is 1. The highest BCUT2D eigenvalue weighted by molar-refractivity contribution is 5.95. The van der Waals surface area contributed by atoms with Gasteiger partial charge in [-0.15, -0.1) is 0 Å². The van der Waals surface area contributed by atoms with Crippen molar-refractivity contribution < 1.29 is 23.8 Å². The number of carbonyl (C=O) groups is 2. The number of amides is 2. The molecule has 0 aromatic heterocycles. The molecule has 2 saturated heterocycles. The van der Waals surface area contributed by atoms with Crippen molar-refractivity contribution in [3.05, 3.63) is 23.8 Å². The number of hydrogen-bond acceptors (Lipinski definition) is 5. The molecule has 2 fully saturated rings. The van der Waals surface area contributed by atoms with Gasteiger partial charge in [0.2, 0.25) is 12.7 Å². The normalized spacial score (nSPS) is 22.1. The summed E-state index contributed by atoms with van der Waals surface area (Å²) in [5.41, 5.74) is 0.293. The molecule has 3 aliphatic rings. The van der Waals surface area contributed by atoms with Gasteiger partial charge in [-0.1, -0.05) is 0 Å². The Morgan fingerprint density at radius 2 is 1.92 bits per heavy atom. The molecule has 3 aliphatic heterocycles. The van der Waals surface area contributed by atoms with Crippen LogP contribution in [0.1, 0.15) is 23.2 Å². The van der Waals surface area contributed by atoms with Gasteiger partial charge >= 0.3 is 0 Å². The summed E-state index contributed by atoms with van der Waals surface area (Å²) in [4.78, 5) is 27.9. The quantitative estimate of drug-likeness (QED) is 0.764. The summed E-state index contributed by atoms with van der Waals surface area (Å²) >= 11 is 0. The number of morpholine rings is 1. The van der Waals surface area contributed by atoms with Gasteiger partial charge in [0.25, 0.3) is 5.91 Å². The van der Waals surface area contributed by atoms with E-state index < -0.39 is 0 Å². The van der Waals surface area contributed by atoms with Crippen molar-refractivity contribution in [2.24, 2.45) is 0 Å². The summed E-state index contributed by atoms with van der Waals surface area (Å²) in [7, 11) is 1.80. The van der Waals surface area contributed by atoms with E-state index in [0.29, 0.717) is 36.7 Å². The molecule has 2 amide bonds. The largest absolute Gasteiger partial charge is 0.454 e. The van der Waals surface area contributed by atoms with Gasteiger partial charge in [-0.2, -0.15) is 0 Å². The Morgan fingerprint density at radius 1 is 1.17 bits per heavy atom. The summed E-state index contributed by atoms with van der Waals surface area (Å²) in [5.74, 6) is 1.29. The van der Waals surface area contributed by atoms with Crippen LogP contribution in [0.5, 0.6) is 11.5 Å². The topological polar surface area (TPSA) is 68.3 Å². The number of benzene rings is 1. The fraction of sp³-hybridized carbons (Fsp3) is 0.529. The van der Waals surface area contributed by atoms with Crippen molar-refractivity contribution in [1.29, 1.82) is 0 Å². The Labute approximate surface area is 140 Å². The van der Waals surface area contributed by atoms with Crippen LogP contribution in [0, 0.1) is 0 Å². The first kappa shape index (κ1) is 15.3. The molecule has 0 saturated carbocycles. The van der Waals surface area contributed by atoms with Gasteiger partial charge in [0, 0.05) is 32.2 Å². The summed E-state index contributed by atoms with van der Waals surface area (Å²) in [5, 5.41) is 0. The van der Waals surface area contributed by atoms with E-state index in [-0.39, 0.29) is 30.8 Å². The van der Waals surface area contributed by atoms with Gasteiger partial charge < -0.3 is 24.0 Å². The van der Waals surface area contributed by atoms with Crippen molar-refractivity contribution in [3.8, 4) is 11.5 Å². The van der Waals surface area contributed by atoms with Gasteiger partial charge in [-0.25, -0.2) is 0 Å². The Bertz CT molecular complexity index is 682. The minimum atomic E-state index is -0.311. The van der Waals surface area contributed by atoms with Gasteiger partial charge in [0.05, 0.1) is 5.60 Å². The number of nitrogens with zero attached hydrogens (tertiary/aromatic N) is 2. The molecule has 0 N–H and O–H groups in total. The second-order valence-corrected chi connectivity index (χ2v) is 6.58. The third-order valence-electron chi connectivity index (χ3n) is 5.03. The highest BCUT2D eigenvalue weighted by atomic mass is 16.7. The number of hydrogen-bond donors (Lipinski definition) is 0. The van der Waals surface area contributed by atoms with Crippen LogP contribution in [0.15, 0.2) is 18.2 Å². The third-order valence-corrected chi connectivity index (χ3v) is 5.03. The number of likely N-dealkylation sites (N-methyl/N-ethyl adjacent to an activating group) is 1. The molecule has 1 aromatic rings. The lowest BCUT2D eigenvalue weighted by Gasteiger charge is -2.46. The molecule has 0 unspecified atom stereocenters. The maximum absolute atomic E-state index is 12.7. The van der Waals surface area contributed by atoms with Crippen LogP contribution in [0.3, 0.4) is 0 Å². The Hall–Kier alpha value is -2.28. The minimum absolute atomic E-state index is 0.0107. The van der Waals surface area contributed by atoms with Crippen LogP contribution >= 0.6 is 0 Å². The predicted octanol–water partition coefficient (Wildman–Crippen LogP) is 0.879. The summed E-state index contributed by atoms with van der Waals surface area (Å²) in [6.45, 7) is 2.16. The molecule has 128 valence electrons. The SMILES string of the molecule is CN1CC2(CCN(C(=O)c3ccc4c(c3)OCO4)CC2)OCC1=O. The van der Waals surface area contributed by atoms with E-state index in [0.717, 1.165) is 12.8 Å². The first-order valence-corrected chi connectivity index (χ1v) is 8.13. The molecule has 3 heterocycles. The van der Waals surface area contributed by atoms with Crippen molar-refractivity contribution in [2.75, 3.05) is 40.1 Å². The number of likely N-dealkylation sites (tertiary alicyclic amines) is 1. The standard InChI is InChI=1S/C17H20N2O5/c1-18-10-17(24-9-15(18)20)4-6-19(7-5-17)16(21)12-2-3-13-14(8-12)23-11-22-13/h2-3,8H,4-7,9-11H2,1H3. The first-order chi connectivity index (χ1) is 11.6. The van der Waals surface area contributed by atoms with Crippen LogP contribution in [0.2, 0.25) is 0 Å². The van der Waals surface area contributed by atoms with E-state index in [9.17, 15) is 9.59 Å². The van der Waals surface area contributed by atoms with Gasteiger partial charge in [-0.05, 0) is 31.0 Å². The maximum atomic E-state index is 12.7. The van der Waals surface area contributed by atoms with Crippen molar-refractivity contribution in [2.45, 2.75) is 18.4 Å². The fourth-order valence-corrected chi connectivity index (χ4v) is 3.52. The lowest BCUT2D eigenvalue weighted by atomic mass is 9.89. The molecule has 4 rings (SSSR count). The number of rotatable bonds is 1. The Morgan fingerprint density at radius 3 is 2.67 bits per heavy atom. The summed E-state index contributed by atoms with van der Waals surface area (Å²) in [6, 6.07) is 5.27. The molecule has 7 heteroatoms. The van der Waals surface area contributed by atoms with Crippen LogP contribution in [-0.4, -0.2) is 67.3 Å². The first-order valence-electron chi connectivity index (χ1n) is 8.13. The lowest BCUT2D eigenvalue weighted by Crippen LogP contribution is -2.58. The predicted molar refractivity (Wildman–Crippen MR) is 84.0 cm³/mol. The lowest BCUT2D eigenvalue weighted by molar-refractivity contribution is -0.167. The van der Waals surface area contributed by atoms with Crippen LogP contribution in [0.4, 0.5) is 0 Å². The number of piperidine rings is 1. The smallest absolute Gasteiger partial charge is 0.253 e. The molecule has 0 aliphatic carbocycles. The second-order valence-electron chi connectivity index (χ2n) is 6.58. The van der Waals surface area contributed by atoms with Gasteiger partial charge in [-0.3, -0.25) is 9.59 Å². The molecule has 7 nitrogen and oxygen atoms in total. The van der Waals surface area contributed by atoms with Gasteiger partial charge in [0.15, 0.2) is 11.5 Å². The van der Waals surface area contributed by atoms with E-state index in [1.54, 1.807) is 30.1 Å². The molecule has 0 bridgehead atoms. The van der Waals surface area contributed by atoms with Crippen molar-refractivity contribution in [3.63, 3.8) is 0 Å². The zero-order valence-electron chi connectivity index (χ0n) is 13.6. The van der Waals surface area contributed by atoms with Gasteiger partial charge in [0.1, 0.15) is 6.61 Å². The molecule has 0 radical (unpaired) electrons. The van der Waals surface area contributed by atoms with Crippen molar-refractivity contribution in [1.82, 2.24) is 9.80 Å². The number of ether oxygens (including phenoxy) is 3. The molecular formula is C17H20N2O5. The van der Waals surface area contributed by atoms with E-state index >= 15 is 0 Å². The second kappa shape index (κ2) is 5.66. The van der Waals surface area contributed by atoms with Crippen LogP contribution in [-0.2, 0) is 9.53 Å². The highest BCUT2D eigenvalue weighted by Gasteiger charge is 2.42. The minimum Gasteiger partial charge on any atom is -0.454 e. The zero-order valence-corrected chi connectivity index (χ0v) is 13.6. The fourth-order valence-electron chi connectivity index (χ4n) is 3.52. The maximum Gasteiger partial charge on any atom is 0.253 e. The average Bonchev–Trinajstić information content (AvgIpc) is 3.06. The van der Waals surface area contributed by atoms with E-state index in [2.05, 4.69) is 0 Å². The average molecular weight is 332 g/mol. The molecule has 24 heavy (non-hydrogen) atoms. The van der Waals surface area contributed by atoms with E-state index in [1.807, 2.05) is 4.90 Å². The number of carbonyl (C=O) groups excluding carboxylic acids is 2. The van der Waals surface area contributed by atoms with Crippen LogP contribution < -0.4 is 9.47 Å². The summed E-state index contributed by atoms with van der Waals surface area (Å²) < 4.78 is 16.4.